The van der Waals surface area contributed by atoms with Crippen molar-refractivity contribution in [3.8, 4) is 0 Å². The van der Waals surface area contributed by atoms with Gasteiger partial charge < -0.3 is 10.6 Å². The van der Waals surface area contributed by atoms with Gasteiger partial charge in [-0.2, -0.15) is 0 Å². The van der Waals surface area contributed by atoms with E-state index < -0.39 is 4.92 Å². The van der Waals surface area contributed by atoms with Crippen LogP contribution in [0.5, 0.6) is 0 Å². The summed E-state index contributed by atoms with van der Waals surface area (Å²) in [6.45, 7) is 6.33. The molecule has 7 heteroatoms. The second-order valence-electron chi connectivity index (χ2n) is 8.87. The highest BCUT2D eigenvalue weighted by Gasteiger charge is 2.22. The number of carbonyl (C=O) groups is 1. The van der Waals surface area contributed by atoms with E-state index in [4.69, 9.17) is 11.6 Å². The normalized spacial score (nSPS) is 14.9. The summed E-state index contributed by atoms with van der Waals surface area (Å²) in [7, 11) is 0. The number of nitrogens with one attached hydrogen (secondary N) is 2. The maximum atomic E-state index is 12.7. The van der Waals surface area contributed by atoms with Gasteiger partial charge >= 0.3 is 0 Å². The minimum absolute atomic E-state index is 0.00360. The fraction of sp³-hybridized carbons (Fsp3) is 0.435. The molecule has 160 valence electrons. The first kappa shape index (κ1) is 22.1. The second kappa shape index (κ2) is 9.04. The van der Waals surface area contributed by atoms with Gasteiger partial charge in [-0.1, -0.05) is 63.8 Å². The molecule has 1 aliphatic rings. The number of benzene rings is 2. The Balaban J connectivity index is 1.83. The number of rotatable bonds is 5. The second-order valence-corrected chi connectivity index (χ2v) is 9.27. The van der Waals surface area contributed by atoms with E-state index >= 15 is 0 Å². The van der Waals surface area contributed by atoms with Crippen molar-refractivity contribution in [2.75, 3.05) is 10.6 Å². The van der Waals surface area contributed by atoms with Crippen LogP contribution in [0.3, 0.4) is 0 Å². The summed E-state index contributed by atoms with van der Waals surface area (Å²) in [4.78, 5) is 23.8. The fourth-order valence-corrected chi connectivity index (χ4v) is 3.91. The molecule has 0 saturated heterocycles. The van der Waals surface area contributed by atoms with Crippen molar-refractivity contribution in [1.29, 1.82) is 0 Å². The standard InChI is InChI=1S/C23H28ClN3O3/c1-23(2,3)16-11-9-15(10-12-16)22(28)26-19-14-20(21(27(29)30)13-18(19)24)25-17-7-5-4-6-8-17/h9-14,17,25H,4-8H2,1-3H3,(H,26,28). The van der Waals surface area contributed by atoms with Gasteiger partial charge in [0.1, 0.15) is 5.69 Å². The van der Waals surface area contributed by atoms with Crippen LogP contribution in [-0.4, -0.2) is 16.9 Å². The highest BCUT2D eigenvalue weighted by atomic mass is 35.5. The molecule has 0 heterocycles. The van der Waals surface area contributed by atoms with Crippen molar-refractivity contribution in [3.05, 3.63) is 62.7 Å². The SMILES string of the molecule is CC(C)(C)c1ccc(C(=O)Nc2cc(NC3CCCCC3)c([N+](=O)[O-])cc2Cl)cc1. The van der Waals surface area contributed by atoms with Gasteiger partial charge in [0, 0.05) is 17.7 Å². The highest BCUT2D eigenvalue weighted by Crippen LogP contribution is 2.36. The van der Waals surface area contributed by atoms with E-state index in [0.717, 1.165) is 31.2 Å². The van der Waals surface area contributed by atoms with Crippen molar-refractivity contribution < 1.29 is 9.72 Å². The molecule has 0 radical (unpaired) electrons. The lowest BCUT2D eigenvalue weighted by Crippen LogP contribution is -2.23. The van der Waals surface area contributed by atoms with Crippen molar-refractivity contribution in [1.82, 2.24) is 0 Å². The minimum atomic E-state index is -0.451. The van der Waals surface area contributed by atoms with Gasteiger partial charge in [-0.05, 0) is 42.0 Å². The topological polar surface area (TPSA) is 84.3 Å². The first-order chi connectivity index (χ1) is 14.1. The van der Waals surface area contributed by atoms with Crippen molar-refractivity contribution in [2.45, 2.75) is 64.3 Å². The van der Waals surface area contributed by atoms with E-state index in [1.54, 1.807) is 18.2 Å². The van der Waals surface area contributed by atoms with Crippen LogP contribution >= 0.6 is 11.6 Å². The molecule has 1 aliphatic carbocycles. The summed E-state index contributed by atoms with van der Waals surface area (Å²) in [5.41, 5.74) is 2.28. The number of nitro groups is 1. The van der Waals surface area contributed by atoms with E-state index in [2.05, 4.69) is 31.4 Å². The summed E-state index contributed by atoms with van der Waals surface area (Å²) in [6, 6.07) is 10.5. The molecule has 0 aliphatic heterocycles. The maximum Gasteiger partial charge on any atom is 0.293 e. The van der Waals surface area contributed by atoms with Crippen LogP contribution in [-0.2, 0) is 5.41 Å². The number of hydrogen-bond acceptors (Lipinski definition) is 4. The Morgan fingerprint density at radius 3 is 2.27 bits per heavy atom. The first-order valence-electron chi connectivity index (χ1n) is 10.3. The van der Waals surface area contributed by atoms with Gasteiger partial charge in [0.05, 0.1) is 15.6 Å². The molecule has 2 aromatic carbocycles. The Morgan fingerprint density at radius 2 is 1.70 bits per heavy atom. The van der Waals surface area contributed by atoms with Crippen LogP contribution in [0.4, 0.5) is 17.1 Å². The Labute approximate surface area is 182 Å². The van der Waals surface area contributed by atoms with Gasteiger partial charge in [-0.15, -0.1) is 0 Å². The molecule has 0 aromatic heterocycles. The zero-order valence-corrected chi connectivity index (χ0v) is 18.4. The van der Waals surface area contributed by atoms with Gasteiger partial charge in [0.25, 0.3) is 11.6 Å². The number of anilines is 2. The monoisotopic (exact) mass is 429 g/mol. The number of amides is 1. The Bertz CT molecular complexity index is 930. The summed E-state index contributed by atoms with van der Waals surface area (Å²) < 4.78 is 0. The third-order valence-corrected chi connectivity index (χ3v) is 5.82. The average molecular weight is 430 g/mol. The highest BCUT2D eigenvalue weighted by molar-refractivity contribution is 6.34. The smallest absolute Gasteiger partial charge is 0.293 e. The lowest BCUT2D eigenvalue weighted by molar-refractivity contribution is -0.384. The molecule has 1 amide bonds. The molecule has 0 unspecified atom stereocenters. The van der Waals surface area contributed by atoms with Crippen molar-refractivity contribution in [2.24, 2.45) is 0 Å². The Morgan fingerprint density at radius 1 is 1.07 bits per heavy atom. The molecule has 30 heavy (non-hydrogen) atoms. The third-order valence-electron chi connectivity index (χ3n) is 5.51. The molecule has 0 spiro atoms. The first-order valence-corrected chi connectivity index (χ1v) is 10.7. The Kier molecular flexibility index (Phi) is 6.66. The average Bonchev–Trinajstić information content (AvgIpc) is 2.70. The van der Waals surface area contributed by atoms with Gasteiger partial charge in [-0.3, -0.25) is 14.9 Å². The van der Waals surface area contributed by atoms with Gasteiger partial charge in [0.2, 0.25) is 0 Å². The molecule has 1 saturated carbocycles. The van der Waals surface area contributed by atoms with Crippen LogP contribution < -0.4 is 10.6 Å². The fourth-order valence-electron chi connectivity index (χ4n) is 3.71. The van der Waals surface area contributed by atoms with E-state index in [-0.39, 0.29) is 28.1 Å². The van der Waals surface area contributed by atoms with Crippen LogP contribution in [0, 0.1) is 10.1 Å². The summed E-state index contributed by atoms with van der Waals surface area (Å²) in [5, 5.41) is 17.7. The van der Waals surface area contributed by atoms with Gasteiger partial charge in [-0.25, -0.2) is 0 Å². The molecule has 2 N–H and O–H groups in total. The molecule has 1 fully saturated rings. The number of hydrogen-bond donors (Lipinski definition) is 2. The summed E-state index contributed by atoms with van der Waals surface area (Å²) in [5.74, 6) is -0.310. The van der Waals surface area contributed by atoms with Crippen LogP contribution in [0.2, 0.25) is 5.02 Å². The van der Waals surface area contributed by atoms with Crippen LogP contribution in [0.1, 0.15) is 68.8 Å². The predicted molar refractivity (Wildman–Crippen MR) is 122 cm³/mol. The van der Waals surface area contributed by atoms with Crippen molar-refractivity contribution >= 4 is 34.6 Å². The molecular formula is C23H28ClN3O3. The van der Waals surface area contributed by atoms with E-state index in [9.17, 15) is 14.9 Å². The van der Waals surface area contributed by atoms with E-state index in [1.165, 1.54) is 12.5 Å². The zero-order chi connectivity index (χ0) is 21.9. The van der Waals surface area contributed by atoms with Gasteiger partial charge in [0.15, 0.2) is 0 Å². The number of nitro benzene ring substituents is 1. The van der Waals surface area contributed by atoms with E-state index in [0.29, 0.717) is 16.9 Å². The lowest BCUT2D eigenvalue weighted by atomic mass is 9.87. The molecule has 0 bridgehead atoms. The molecule has 6 nitrogen and oxygen atoms in total. The van der Waals surface area contributed by atoms with E-state index in [1.807, 2.05) is 12.1 Å². The number of carbonyl (C=O) groups excluding carboxylic acids is 1. The summed E-state index contributed by atoms with van der Waals surface area (Å²) >= 11 is 6.26. The lowest BCUT2D eigenvalue weighted by Gasteiger charge is -2.24. The molecule has 2 aromatic rings. The number of halogens is 1. The maximum absolute atomic E-state index is 12.7. The largest absolute Gasteiger partial charge is 0.377 e. The third kappa shape index (κ3) is 5.30. The molecule has 0 atom stereocenters. The van der Waals surface area contributed by atoms with Crippen LogP contribution in [0.15, 0.2) is 36.4 Å². The number of nitrogens with zero attached hydrogens (tertiary/aromatic N) is 1. The minimum Gasteiger partial charge on any atom is -0.377 e. The Hall–Kier alpha value is -2.60. The quantitative estimate of drug-likeness (QED) is 0.417. The summed E-state index contributed by atoms with van der Waals surface area (Å²) in [6.07, 6.45) is 5.35. The van der Waals surface area contributed by atoms with Crippen LogP contribution in [0.25, 0.3) is 0 Å². The zero-order valence-electron chi connectivity index (χ0n) is 17.6. The molecule has 3 rings (SSSR count). The van der Waals surface area contributed by atoms with Crippen molar-refractivity contribution in [3.63, 3.8) is 0 Å². The molecular weight excluding hydrogens is 402 g/mol. The predicted octanol–water partition coefficient (Wildman–Crippen LogP) is 6.54.